The first kappa shape index (κ1) is 9.00. The third-order valence-corrected chi connectivity index (χ3v) is 1.70. The Balaban J connectivity index is 2.90. The molecule has 0 fully saturated rings. The summed E-state index contributed by atoms with van der Waals surface area (Å²) in [5, 5.41) is 0. The third-order valence-electron chi connectivity index (χ3n) is 1.70. The summed E-state index contributed by atoms with van der Waals surface area (Å²) < 4.78 is 1.57. The lowest BCUT2D eigenvalue weighted by Gasteiger charge is -2.05. The molecule has 3 nitrogen and oxygen atoms in total. The van der Waals surface area contributed by atoms with E-state index in [1.807, 2.05) is 19.2 Å². The fourth-order valence-corrected chi connectivity index (χ4v) is 1.14. The fraction of sp³-hybridized carbons (Fsp3) is 0.444. The summed E-state index contributed by atoms with van der Waals surface area (Å²) in [5.74, 6) is 0. The molecule has 1 unspecified atom stereocenters. The number of aromatic nitrogens is 1. The molecule has 3 heteroatoms. The van der Waals surface area contributed by atoms with Gasteiger partial charge >= 0.3 is 0 Å². The predicted molar refractivity (Wildman–Crippen MR) is 49.0 cm³/mol. The zero-order chi connectivity index (χ0) is 9.14. The van der Waals surface area contributed by atoms with Crippen LogP contribution in [0, 0.1) is 0 Å². The number of rotatable bonds is 2. The van der Waals surface area contributed by atoms with Crippen molar-refractivity contribution >= 4 is 0 Å². The minimum absolute atomic E-state index is 0.0171. The Morgan fingerprint density at radius 2 is 2.25 bits per heavy atom. The summed E-state index contributed by atoms with van der Waals surface area (Å²) in [6, 6.07) is 3.53. The molecule has 0 aromatic carbocycles. The van der Waals surface area contributed by atoms with Crippen LogP contribution in [0.25, 0.3) is 0 Å². The monoisotopic (exact) mass is 166 g/mol. The van der Waals surface area contributed by atoms with Gasteiger partial charge in [0, 0.05) is 25.4 Å². The van der Waals surface area contributed by atoms with Crippen molar-refractivity contribution in [2.45, 2.75) is 19.4 Å². The topological polar surface area (TPSA) is 48.0 Å². The lowest BCUT2D eigenvalue weighted by Crippen LogP contribution is -2.20. The third kappa shape index (κ3) is 2.20. The van der Waals surface area contributed by atoms with Crippen LogP contribution in [-0.4, -0.2) is 10.6 Å². The van der Waals surface area contributed by atoms with E-state index in [4.69, 9.17) is 5.73 Å². The van der Waals surface area contributed by atoms with Crippen molar-refractivity contribution in [3.05, 3.63) is 34.2 Å². The van der Waals surface area contributed by atoms with Crippen molar-refractivity contribution in [1.82, 2.24) is 4.57 Å². The molecule has 0 amide bonds. The molecular formula is C9H14N2O. The van der Waals surface area contributed by atoms with E-state index < -0.39 is 0 Å². The van der Waals surface area contributed by atoms with Gasteiger partial charge in [-0.2, -0.15) is 0 Å². The molecule has 0 spiro atoms. The van der Waals surface area contributed by atoms with Crippen molar-refractivity contribution in [2.24, 2.45) is 12.8 Å². The Hall–Kier alpha value is -1.09. The zero-order valence-corrected chi connectivity index (χ0v) is 7.45. The normalized spacial score (nSPS) is 12.9. The molecule has 0 aliphatic carbocycles. The average Bonchev–Trinajstić information content (AvgIpc) is 1.96. The molecular weight excluding hydrogens is 152 g/mol. The van der Waals surface area contributed by atoms with Crippen molar-refractivity contribution in [3.63, 3.8) is 0 Å². The Kier molecular flexibility index (Phi) is 2.65. The Morgan fingerprint density at radius 3 is 2.75 bits per heavy atom. The summed E-state index contributed by atoms with van der Waals surface area (Å²) in [7, 11) is 1.74. The highest BCUT2D eigenvalue weighted by atomic mass is 16.1. The van der Waals surface area contributed by atoms with Crippen LogP contribution < -0.4 is 11.3 Å². The highest BCUT2D eigenvalue weighted by Crippen LogP contribution is 1.98. The van der Waals surface area contributed by atoms with Gasteiger partial charge in [0.1, 0.15) is 0 Å². The largest absolute Gasteiger partial charge is 0.328 e. The van der Waals surface area contributed by atoms with Gasteiger partial charge in [-0.25, -0.2) is 0 Å². The molecule has 1 rings (SSSR count). The number of hydrogen-bond donors (Lipinski definition) is 1. The second-order valence-corrected chi connectivity index (χ2v) is 3.17. The molecule has 0 radical (unpaired) electrons. The minimum Gasteiger partial charge on any atom is -0.328 e. The van der Waals surface area contributed by atoms with Gasteiger partial charge in [-0.05, 0) is 18.9 Å². The second-order valence-electron chi connectivity index (χ2n) is 3.17. The van der Waals surface area contributed by atoms with Crippen molar-refractivity contribution in [2.75, 3.05) is 0 Å². The van der Waals surface area contributed by atoms with Gasteiger partial charge in [0.05, 0.1) is 0 Å². The van der Waals surface area contributed by atoms with Gasteiger partial charge < -0.3 is 10.3 Å². The molecule has 0 saturated carbocycles. The lowest BCUT2D eigenvalue weighted by molar-refractivity contribution is 0.724. The maximum Gasteiger partial charge on any atom is 0.250 e. The van der Waals surface area contributed by atoms with E-state index in [1.54, 1.807) is 17.7 Å². The fourth-order valence-electron chi connectivity index (χ4n) is 1.14. The SMILES string of the molecule is CC(N)Cc1ccc(=O)n(C)c1. The van der Waals surface area contributed by atoms with Gasteiger partial charge in [-0.1, -0.05) is 6.07 Å². The molecule has 0 saturated heterocycles. The van der Waals surface area contributed by atoms with Gasteiger partial charge in [0.15, 0.2) is 0 Å². The van der Waals surface area contributed by atoms with Crippen LogP contribution >= 0.6 is 0 Å². The molecule has 1 atom stereocenters. The Bertz CT molecular complexity index is 315. The molecule has 0 aliphatic heterocycles. The predicted octanol–water partition coefficient (Wildman–Crippen LogP) is 0.275. The molecule has 2 N–H and O–H groups in total. The first-order valence-corrected chi connectivity index (χ1v) is 4.00. The summed E-state index contributed by atoms with van der Waals surface area (Å²) in [4.78, 5) is 11.0. The van der Waals surface area contributed by atoms with Crippen LogP contribution in [-0.2, 0) is 13.5 Å². The van der Waals surface area contributed by atoms with Crippen molar-refractivity contribution < 1.29 is 0 Å². The van der Waals surface area contributed by atoms with E-state index in [9.17, 15) is 4.79 Å². The summed E-state index contributed by atoms with van der Waals surface area (Å²) in [6.45, 7) is 1.95. The van der Waals surface area contributed by atoms with E-state index >= 15 is 0 Å². The van der Waals surface area contributed by atoms with E-state index in [1.165, 1.54) is 0 Å². The van der Waals surface area contributed by atoms with Crippen LogP contribution in [0.1, 0.15) is 12.5 Å². The number of aryl methyl sites for hydroxylation is 1. The quantitative estimate of drug-likeness (QED) is 0.685. The van der Waals surface area contributed by atoms with E-state index in [0.29, 0.717) is 0 Å². The highest BCUT2D eigenvalue weighted by molar-refractivity contribution is 5.10. The van der Waals surface area contributed by atoms with Crippen LogP contribution in [0.3, 0.4) is 0 Å². The molecule has 66 valence electrons. The summed E-state index contributed by atoms with van der Waals surface area (Å²) in [6.07, 6.45) is 2.64. The van der Waals surface area contributed by atoms with Crippen LogP contribution in [0.15, 0.2) is 23.1 Å². The summed E-state index contributed by atoms with van der Waals surface area (Å²) >= 11 is 0. The van der Waals surface area contributed by atoms with Crippen LogP contribution in [0.4, 0.5) is 0 Å². The van der Waals surface area contributed by atoms with Gasteiger partial charge in [0.25, 0.3) is 0 Å². The molecule has 0 bridgehead atoms. The first-order chi connectivity index (χ1) is 5.59. The van der Waals surface area contributed by atoms with Gasteiger partial charge in [0.2, 0.25) is 5.56 Å². The van der Waals surface area contributed by atoms with Crippen LogP contribution in [0.5, 0.6) is 0 Å². The molecule has 0 aliphatic rings. The molecule has 1 heterocycles. The number of nitrogens with zero attached hydrogens (tertiary/aromatic N) is 1. The van der Waals surface area contributed by atoms with E-state index in [2.05, 4.69) is 0 Å². The first-order valence-electron chi connectivity index (χ1n) is 4.00. The number of pyridine rings is 1. The standard InChI is InChI=1S/C9H14N2O/c1-7(10)5-8-3-4-9(12)11(2)6-8/h3-4,6-7H,5,10H2,1-2H3. The maximum absolute atomic E-state index is 11.0. The van der Waals surface area contributed by atoms with Gasteiger partial charge in [-0.3, -0.25) is 4.79 Å². The van der Waals surface area contributed by atoms with Crippen LogP contribution in [0.2, 0.25) is 0 Å². The molecule has 1 aromatic heterocycles. The average molecular weight is 166 g/mol. The van der Waals surface area contributed by atoms with E-state index in [-0.39, 0.29) is 11.6 Å². The minimum atomic E-state index is 0.0171. The molecule has 12 heavy (non-hydrogen) atoms. The lowest BCUT2D eigenvalue weighted by atomic mass is 10.1. The van der Waals surface area contributed by atoms with E-state index in [0.717, 1.165) is 12.0 Å². The zero-order valence-electron chi connectivity index (χ0n) is 7.45. The van der Waals surface area contributed by atoms with Gasteiger partial charge in [-0.15, -0.1) is 0 Å². The summed E-state index contributed by atoms with van der Waals surface area (Å²) in [5.41, 5.74) is 6.75. The molecule has 1 aromatic rings. The number of hydrogen-bond acceptors (Lipinski definition) is 2. The number of nitrogens with two attached hydrogens (primary N) is 1. The smallest absolute Gasteiger partial charge is 0.250 e. The Labute approximate surface area is 71.8 Å². The van der Waals surface area contributed by atoms with Crippen molar-refractivity contribution in [3.8, 4) is 0 Å². The van der Waals surface area contributed by atoms with Crippen molar-refractivity contribution in [1.29, 1.82) is 0 Å². The second kappa shape index (κ2) is 3.54. The Morgan fingerprint density at radius 1 is 1.58 bits per heavy atom. The highest BCUT2D eigenvalue weighted by Gasteiger charge is 1.98. The maximum atomic E-state index is 11.0.